The normalized spacial score (nSPS) is 16.8. The van der Waals surface area contributed by atoms with E-state index in [1.54, 1.807) is 0 Å². The highest BCUT2D eigenvalue weighted by Crippen LogP contribution is 2.66. The zero-order chi connectivity index (χ0) is 33.0. The molecule has 48 heavy (non-hydrogen) atoms. The first-order valence-electron chi connectivity index (χ1n) is 17.5. The van der Waals surface area contributed by atoms with Gasteiger partial charge in [-0.3, -0.25) is 0 Å². The van der Waals surface area contributed by atoms with Crippen molar-refractivity contribution in [3.8, 4) is 33.4 Å². The summed E-state index contributed by atoms with van der Waals surface area (Å²) in [5, 5.41) is 0. The summed E-state index contributed by atoms with van der Waals surface area (Å²) in [5.41, 5.74) is 18.9. The Bertz CT molecular complexity index is 2160. The molecule has 1 aliphatic carbocycles. The van der Waals surface area contributed by atoms with Crippen molar-refractivity contribution < 1.29 is 0 Å². The van der Waals surface area contributed by atoms with Crippen LogP contribution in [-0.4, -0.2) is 6.04 Å². The minimum Gasteiger partial charge on any atom is -0.336 e. The van der Waals surface area contributed by atoms with Gasteiger partial charge in [0.05, 0.1) is 11.5 Å². The maximum Gasteiger partial charge on any atom is 0.0694 e. The summed E-state index contributed by atoms with van der Waals surface area (Å²) in [6.07, 6.45) is 0.990. The van der Waals surface area contributed by atoms with Gasteiger partial charge in [0.15, 0.2) is 0 Å². The van der Waals surface area contributed by atoms with Gasteiger partial charge in [0, 0.05) is 11.4 Å². The molecule has 3 aliphatic rings. The number of fused-ring (bicyclic) bond motifs is 12. The van der Waals surface area contributed by atoms with Crippen molar-refractivity contribution in [1.82, 2.24) is 0 Å². The first kappa shape index (κ1) is 29.3. The van der Waals surface area contributed by atoms with Crippen LogP contribution in [0.3, 0.4) is 0 Å². The van der Waals surface area contributed by atoms with E-state index in [1.165, 1.54) is 78.1 Å². The predicted octanol–water partition coefficient (Wildman–Crippen LogP) is 12.0. The Morgan fingerprint density at radius 1 is 0.479 bits per heavy atom. The second kappa shape index (κ2) is 10.1. The van der Waals surface area contributed by atoms with E-state index < -0.39 is 0 Å². The van der Waals surface area contributed by atoms with Gasteiger partial charge in [0.25, 0.3) is 0 Å². The van der Waals surface area contributed by atoms with Gasteiger partial charge in [-0.25, -0.2) is 0 Å². The molecular weight excluding hydrogens is 579 g/mol. The third-order valence-electron chi connectivity index (χ3n) is 11.4. The molecule has 0 aromatic heterocycles. The van der Waals surface area contributed by atoms with E-state index in [9.17, 15) is 0 Å². The largest absolute Gasteiger partial charge is 0.336 e. The van der Waals surface area contributed by atoms with Crippen molar-refractivity contribution in [1.29, 1.82) is 0 Å². The van der Waals surface area contributed by atoms with Crippen molar-refractivity contribution in [3.05, 3.63) is 167 Å². The van der Waals surface area contributed by atoms with E-state index in [0.29, 0.717) is 0 Å². The number of hydrogen-bond donors (Lipinski definition) is 0. The number of hydrogen-bond acceptors (Lipinski definition) is 1. The van der Waals surface area contributed by atoms with E-state index in [2.05, 4.69) is 180 Å². The molecule has 1 heteroatoms. The SMILES string of the molecule is CC(C)(C)c1ccc2c(c1)C1(c3cc(C(C)(C)C)ccc3-2)c2cc(-c3ccccc3)ccc2N2c3ccc(-c4ccccc4)cc3CC21. The molecule has 2 heterocycles. The van der Waals surface area contributed by atoms with E-state index in [1.807, 2.05) is 0 Å². The summed E-state index contributed by atoms with van der Waals surface area (Å²) in [6.45, 7) is 14.1. The van der Waals surface area contributed by atoms with E-state index >= 15 is 0 Å². The van der Waals surface area contributed by atoms with Crippen molar-refractivity contribution in [3.63, 3.8) is 0 Å². The van der Waals surface area contributed by atoms with Crippen molar-refractivity contribution in [2.45, 2.75) is 70.3 Å². The van der Waals surface area contributed by atoms with Crippen molar-refractivity contribution in [2.24, 2.45) is 0 Å². The van der Waals surface area contributed by atoms with Gasteiger partial charge < -0.3 is 4.90 Å². The topological polar surface area (TPSA) is 3.24 Å². The molecule has 0 radical (unpaired) electrons. The molecular formula is C47H43N. The molecule has 0 fully saturated rings. The predicted molar refractivity (Wildman–Crippen MR) is 203 cm³/mol. The monoisotopic (exact) mass is 621 g/mol. The molecule has 236 valence electrons. The highest BCUT2D eigenvalue weighted by atomic mass is 15.2. The van der Waals surface area contributed by atoms with Crippen molar-refractivity contribution in [2.75, 3.05) is 4.90 Å². The smallest absolute Gasteiger partial charge is 0.0694 e. The molecule has 6 aromatic carbocycles. The Morgan fingerprint density at radius 2 is 0.979 bits per heavy atom. The van der Waals surface area contributed by atoms with Crippen LogP contribution in [0.25, 0.3) is 33.4 Å². The van der Waals surface area contributed by atoms with Crippen LogP contribution < -0.4 is 4.90 Å². The summed E-state index contributed by atoms with van der Waals surface area (Å²) in [6, 6.07) is 51.2. The van der Waals surface area contributed by atoms with Crippen LogP contribution in [-0.2, 0) is 22.7 Å². The molecule has 1 atom stereocenters. The highest BCUT2D eigenvalue weighted by Gasteiger charge is 2.60. The van der Waals surface area contributed by atoms with Gasteiger partial charge >= 0.3 is 0 Å². The minimum atomic E-state index is -0.320. The minimum absolute atomic E-state index is 0.0395. The van der Waals surface area contributed by atoms with Crippen LogP contribution >= 0.6 is 0 Å². The van der Waals surface area contributed by atoms with Crippen LogP contribution in [0.2, 0.25) is 0 Å². The molecule has 1 nitrogen and oxygen atoms in total. The quantitative estimate of drug-likeness (QED) is 0.186. The lowest BCUT2D eigenvalue weighted by Crippen LogP contribution is -2.42. The standard InChI is InChI=1S/C47H43N/c1-45(2,3)35-19-21-37-38-22-20-36(46(4,5)6)29-40(38)47(39(37)28-35)41-26-33(31-15-11-8-12-16-31)18-24-43(41)48-42-23-17-32(25-34(42)27-44(47)48)30-13-9-7-10-14-30/h7-26,28-29,44H,27H2,1-6H3. The number of rotatable bonds is 2. The molecule has 0 amide bonds. The molecule has 1 unspecified atom stereocenters. The molecule has 0 N–H and O–H groups in total. The van der Waals surface area contributed by atoms with Crippen LogP contribution in [0.5, 0.6) is 0 Å². The summed E-state index contributed by atoms with van der Waals surface area (Å²) >= 11 is 0. The van der Waals surface area contributed by atoms with Crippen LogP contribution in [0.15, 0.2) is 133 Å². The maximum atomic E-state index is 2.71. The van der Waals surface area contributed by atoms with Crippen molar-refractivity contribution >= 4 is 11.4 Å². The first-order chi connectivity index (χ1) is 23.0. The molecule has 2 aliphatic heterocycles. The second-order valence-electron chi connectivity index (χ2n) is 16.2. The van der Waals surface area contributed by atoms with Gasteiger partial charge in [0.1, 0.15) is 0 Å². The number of benzene rings is 6. The Kier molecular flexibility index (Phi) is 6.14. The number of anilines is 2. The molecule has 6 aromatic rings. The van der Waals surface area contributed by atoms with E-state index in [4.69, 9.17) is 0 Å². The van der Waals surface area contributed by atoms with Gasteiger partial charge in [-0.1, -0.05) is 151 Å². The average molecular weight is 622 g/mol. The molecule has 0 saturated heterocycles. The summed E-state index contributed by atoms with van der Waals surface area (Å²) in [5.74, 6) is 0. The number of nitrogens with zero attached hydrogens (tertiary/aromatic N) is 1. The molecule has 0 bridgehead atoms. The average Bonchev–Trinajstić information content (AvgIpc) is 3.70. The van der Waals surface area contributed by atoms with E-state index in [0.717, 1.165) is 6.42 Å². The second-order valence-corrected chi connectivity index (χ2v) is 16.2. The Balaban J connectivity index is 1.36. The first-order valence-corrected chi connectivity index (χ1v) is 17.5. The molecule has 1 spiro atoms. The lowest BCUT2D eigenvalue weighted by molar-refractivity contribution is 0.520. The van der Waals surface area contributed by atoms with Crippen LogP contribution in [0.1, 0.15) is 74.9 Å². The van der Waals surface area contributed by atoms with E-state index in [-0.39, 0.29) is 22.3 Å². The Morgan fingerprint density at radius 3 is 1.50 bits per heavy atom. The third-order valence-corrected chi connectivity index (χ3v) is 11.4. The fourth-order valence-electron chi connectivity index (χ4n) is 8.90. The summed E-state index contributed by atoms with van der Waals surface area (Å²) in [7, 11) is 0. The fraction of sp³-hybridized carbons (Fsp3) is 0.234. The summed E-state index contributed by atoms with van der Waals surface area (Å²) in [4.78, 5) is 2.71. The van der Waals surface area contributed by atoms with Gasteiger partial charge in [-0.05, 0) is 108 Å². The molecule has 0 saturated carbocycles. The summed E-state index contributed by atoms with van der Waals surface area (Å²) < 4.78 is 0. The third kappa shape index (κ3) is 4.10. The Hall–Kier alpha value is -4.88. The zero-order valence-corrected chi connectivity index (χ0v) is 28.9. The molecule has 9 rings (SSSR count). The van der Waals surface area contributed by atoms with Crippen LogP contribution in [0.4, 0.5) is 11.4 Å². The zero-order valence-electron chi connectivity index (χ0n) is 28.9. The van der Waals surface area contributed by atoms with Gasteiger partial charge in [-0.2, -0.15) is 0 Å². The van der Waals surface area contributed by atoms with Gasteiger partial charge in [-0.15, -0.1) is 0 Å². The lowest BCUT2D eigenvalue weighted by Gasteiger charge is -2.36. The van der Waals surface area contributed by atoms with Crippen LogP contribution in [0, 0.1) is 0 Å². The highest BCUT2D eigenvalue weighted by molar-refractivity contribution is 5.94. The van der Waals surface area contributed by atoms with Gasteiger partial charge in [0.2, 0.25) is 0 Å². The fourth-order valence-corrected chi connectivity index (χ4v) is 8.90. The Labute approximate surface area is 285 Å². The maximum absolute atomic E-state index is 2.71. The lowest BCUT2D eigenvalue weighted by atomic mass is 9.66.